The molecule has 7 nitrogen and oxygen atoms in total. The molecule has 0 aliphatic carbocycles. The summed E-state index contributed by atoms with van der Waals surface area (Å²) in [4.78, 5) is 34.9. The number of nitrogens with one attached hydrogen (secondary N) is 1. The number of nitrogens with zero attached hydrogens (tertiary/aromatic N) is 1. The van der Waals surface area contributed by atoms with E-state index in [-0.39, 0.29) is 42.6 Å². The van der Waals surface area contributed by atoms with E-state index in [1.165, 1.54) is 0 Å². The van der Waals surface area contributed by atoms with Crippen molar-refractivity contribution >= 4 is 47.5 Å². The van der Waals surface area contributed by atoms with Crippen LogP contribution in [0.4, 0.5) is 4.79 Å². The van der Waals surface area contributed by atoms with Crippen LogP contribution in [0.3, 0.4) is 0 Å². The molecule has 0 saturated carbocycles. The van der Waals surface area contributed by atoms with Gasteiger partial charge in [0.2, 0.25) is 0 Å². The average molecular weight is 268 g/mol. The minimum absolute atomic E-state index is 0. The Morgan fingerprint density at radius 1 is 1.44 bits per heavy atom. The third-order valence-electron chi connectivity index (χ3n) is 2.06. The van der Waals surface area contributed by atoms with Gasteiger partial charge in [-0.25, -0.2) is 14.5 Å². The molecule has 1 fully saturated rings. The summed E-state index contributed by atoms with van der Waals surface area (Å²) in [5.74, 6) is -2.10. The van der Waals surface area contributed by atoms with Gasteiger partial charge in [0.1, 0.15) is 5.60 Å². The molecule has 18 heavy (non-hydrogen) atoms. The molecule has 2 N–H and O–H groups in total. The van der Waals surface area contributed by atoms with Gasteiger partial charge in [0, 0.05) is 13.1 Å². The summed E-state index contributed by atoms with van der Waals surface area (Å²) in [6.07, 6.45) is -0.810. The number of carboxylic acid groups (broad SMARTS) is 1. The normalized spacial score (nSPS) is 20.1. The predicted octanol–water partition coefficient (Wildman–Crippen LogP) is -0.842. The van der Waals surface area contributed by atoms with Crippen LogP contribution >= 0.6 is 0 Å². The Balaban J connectivity index is 0.00000289. The van der Waals surface area contributed by atoms with Crippen LogP contribution in [-0.2, 0) is 14.3 Å². The summed E-state index contributed by atoms with van der Waals surface area (Å²) in [7, 11) is 0. The van der Waals surface area contributed by atoms with E-state index in [0.717, 1.165) is 4.90 Å². The number of piperazine rings is 1. The summed E-state index contributed by atoms with van der Waals surface area (Å²) in [6.45, 7) is 5.37. The Hall–Kier alpha value is -0.630. The summed E-state index contributed by atoms with van der Waals surface area (Å²) >= 11 is 0. The first-order valence-corrected chi connectivity index (χ1v) is 5.23. The van der Waals surface area contributed by atoms with E-state index in [9.17, 15) is 14.4 Å². The molecule has 0 aromatic heterocycles. The Morgan fingerprint density at radius 3 is 2.44 bits per heavy atom. The summed E-state index contributed by atoms with van der Waals surface area (Å²) in [5, 5.41) is 11.3. The second kappa shape index (κ2) is 6.51. The topological polar surface area (TPSA) is 95.9 Å². The van der Waals surface area contributed by atoms with Crippen LogP contribution in [0.25, 0.3) is 0 Å². The van der Waals surface area contributed by atoms with Crippen LogP contribution in [0, 0.1) is 0 Å². The molecule has 98 valence electrons. The molecule has 8 heteroatoms. The fourth-order valence-electron chi connectivity index (χ4n) is 1.37. The molecule has 0 aromatic rings. The number of amides is 2. The van der Waals surface area contributed by atoms with Crippen molar-refractivity contribution in [3.63, 3.8) is 0 Å². The van der Waals surface area contributed by atoms with E-state index in [4.69, 9.17) is 9.84 Å². The zero-order chi connectivity index (χ0) is 13.2. The van der Waals surface area contributed by atoms with Crippen molar-refractivity contribution in [3.05, 3.63) is 0 Å². The van der Waals surface area contributed by atoms with E-state index in [1.807, 2.05) is 0 Å². The first-order chi connectivity index (χ1) is 7.72. The third kappa shape index (κ3) is 4.56. The van der Waals surface area contributed by atoms with Crippen molar-refractivity contribution in [2.45, 2.75) is 32.4 Å². The second-order valence-corrected chi connectivity index (χ2v) is 4.70. The summed E-state index contributed by atoms with van der Waals surface area (Å²) < 4.78 is 5.02. The quantitative estimate of drug-likeness (QED) is 0.475. The van der Waals surface area contributed by atoms with Crippen LogP contribution in [0.2, 0.25) is 0 Å². The number of hydrogen-bond donors (Lipinski definition) is 2. The molecule has 0 bridgehead atoms. The van der Waals surface area contributed by atoms with Crippen molar-refractivity contribution in [1.29, 1.82) is 0 Å². The molecule has 2 amide bonds. The number of ether oxygens (including phenoxy) is 1. The molecule has 0 spiro atoms. The molecule has 0 aromatic carbocycles. The molecule has 0 radical (unpaired) electrons. The van der Waals surface area contributed by atoms with Gasteiger partial charge in [-0.05, 0) is 20.8 Å². The van der Waals surface area contributed by atoms with Gasteiger partial charge in [-0.15, -0.1) is 0 Å². The Labute approximate surface area is 127 Å². The molecule has 1 rings (SSSR count). The molecular weight excluding hydrogens is 251 g/mol. The van der Waals surface area contributed by atoms with Gasteiger partial charge < -0.3 is 9.84 Å². The molecule has 1 heterocycles. The first-order valence-electron chi connectivity index (χ1n) is 5.23. The van der Waals surface area contributed by atoms with Gasteiger partial charge in [0.15, 0.2) is 6.04 Å². The van der Waals surface area contributed by atoms with Crippen LogP contribution < -0.4 is 5.32 Å². The van der Waals surface area contributed by atoms with E-state index >= 15 is 0 Å². The molecular formula is C10H17N2NaO5. The number of carboxylic acids is 1. The van der Waals surface area contributed by atoms with Crippen molar-refractivity contribution in [2.24, 2.45) is 0 Å². The summed E-state index contributed by atoms with van der Waals surface area (Å²) in [6, 6.07) is -1.38. The zero-order valence-corrected chi connectivity index (χ0v) is 10.0. The van der Waals surface area contributed by atoms with Gasteiger partial charge >= 0.3 is 41.6 Å². The van der Waals surface area contributed by atoms with Crippen molar-refractivity contribution in [2.75, 3.05) is 13.1 Å². The van der Waals surface area contributed by atoms with Gasteiger partial charge in [0.25, 0.3) is 5.91 Å². The zero-order valence-electron chi connectivity index (χ0n) is 10.0. The predicted molar refractivity (Wildman–Crippen MR) is 64.5 cm³/mol. The van der Waals surface area contributed by atoms with E-state index in [2.05, 4.69) is 5.32 Å². The Morgan fingerprint density at radius 2 is 2.00 bits per heavy atom. The first kappa shape index (κ1) is 17.4. The fraction of sp³-hybridized carbons (Fsp3) is 0.700. The third-order valence-corrected chi connectivity index (χ3v) is 2.06. The number of aliphatic carboxylic acids is 1. The SMILES string of the molecule is CC(C)(C)OC(=O)N1CCNC(C(=O)O)C1=O.[NaH]. The van der Waals surface area contributed by atoms with Crippen molar-refractivity contribution in [1.82, 2.24) is 10.2 Å². The summed E-state index contributed by atoms with van der Waals surface area (Å²) in [5.41, 5.74) is -0.721. The van der Waals surface area contributed by atoms with Gasteiger partial charge in [-0.3, -0.25) is 10.1 Å². The molecule has 1 unspecified atom stereocenters. The molecule has 1 aliphatic heterocycles. The monoisotopic (exact) mass is 268 g/mol. The second-order valence-electron chi connectivity index (χ2n) is 4.70. The molecule has 1 aliphatic rings. The van der Waals surface area contributed by atoms with E-state index < -0.39 is 29.6 Å². The van der Waals surface area contributed by atoms with E-state index in [1.54, 1.807) is 20.8 Å². The number of imide groups is 1. The molecule has 1 atom stereocenters. The van der Waals surface area contributed by atoms with Crippen LogP contribution in [0.1, 0.15) is 20.8 Å². The Kier molecular flexibility index (Phi) is 6.28. The Bertz CT molecular complexity index is 353. The van der Waals surface area contributed by atoms with Crippen LogP contribution in [0.5, 0.6) is 0 Å². The van der Waals surface area contributed by atoms with Gasteiger partial charge in [0.05, 0.1) is 0 Å². The van der Waals surface area contributed by atoms with Crippen LogP contribution in [0.15, 0.2) is 0 Å². The van der Waals surface area contributed by atoms with E-state index in [0.29, 0.717) is 0 Å². The fourth-order valence-corrected chi connectivity index (χ4v) is 1.37. The number of rotatable bonds is 1. The maximum atomic E-state index is 11.7. The number of carbonyl (C=O) groups excluding carboxylic acids is 2. The van der Waals surface area contributed by atoms with Gasteiger partial charge in [-0.2, -0.15) is 0 Å². The maximum absolute atomic E-state index is 11.7. The molecule has 1 saturated heterocycles. The minimum atomic E-state index is -1.38. The van der Waals surface area contributed by atoms with Crippen LogP contribution in [-0.4, -0.2) is 82.3 Å². The number of hydrogen-bond acceptors (Lipinski definition) is 5. The number of carbonyl (C=O) groups is 3. The van der Waals surface area contributed by atoms with Crippen molar-refractivity contribution < 1.29 is 24.2 Å². The average Bonchev–Trinajstić information content (AvgIpc) is 2.14. The van der Waals surface area contributed by atoms with Crippen molar-refractivity contribution in [3.8, 4) is 0 Å². The standard InChI is InChI=1S/C10H16N2O5.Na.H/c1-10(2,3)17-9(16)12-5-4-11-6(7(12)13)8(14)15;;/h6,11H,4-5H2,1-3H3,(H,14,15);;. The van der Waals surface area contributed by atoms with Gasteiger partial charge in [-0.1, -0.05) is 0 Å².